The lowest BCUT2D eigenvalue weighted by molar-refractivity contribution is -0.671. The highest BCUT2D eigenvalue weighted by Crippen LogP contribution is 2.59. The number of aromatic nitrogens is 2. The zero-order chi connectivity index (χ0) is 15.6. The number of fused-ring (bicyclic) bond motifs is 1. The molecule has 0 aromatic carbocycles. The molecule has 0 radical (unpaired) electrons. The quantitative estimate of drug-likeness (QED) is 0.372. The van der Waals surface area contributed by atoms with Crippen molar-refractivity contribution in [2.45, 2.75) is 39.7 Å². The predicted molar refractivity (Wildman–Crippen MR) is 78.7 cm³/mol. The molecule has 0 aliphatic heterocycles. The van der Waals surface area contributed by atoms with Gasteiger partial charge in [0.05, 0.1) is 18.7 Å². The number of imidazole rings is 1. The lowest BCUT2D eigenvalue weighted by atomic mass is 9.48. The highest BCUT2D eigenvalue weighted by Gasteiger charge is 2.50. The standard InChI is InChI=1S/C15H23N2.NO3/c1-15(2)13-5-4-12(14(15)10-13)6-7-17-9-8-16(3)11-17;2-1(3)4/h4,8-9,11,13-14H,5-7,10H2,1-3H3;/q+1;-1/t13-,14-;/m0./s1. The first kappa shape index (κ1) is 15.5. The smallest absolute Gasteiger partial charge is 0.243 e. The molecule has 6 heteroatoms. The van der Waals surface area contributed by atoms with Crippen LogP contribution in [0.5, 0.6) is 0 Å². The average Bonchev–Trinajstić information content (AvgIpc) is 2.81. The van der Waals surface area contributed by atoms with Crippen molar-refractivity contribution < 1.29 is 9.65 Å². The summed E-state index contributed by atoms with van der Waals surface area (Å²) in [5, 5.41) is 14.8. The molecular weight excluding hydrogens is 270 g/mol. The van der Waals surface area contributed by atoms with Gasteiger partial charge < -0.3 is 15.3 Å². The molecule has 21 heavy (non-hydrogen) atoms. The number of allylic oxidation sites excluding steroid dienone is 2. The first-order valence-corrected chi connectivity index (χ1v) is 7.32. The average molecular weight is 293 g/mol. The normalized spacial score (nSPS) is 25.2. The Morgan fingerprint density at radius 2 is 2.14 bits per heavy atom. The molecular formula is C15H23N3O3. The van der Waals surface area contributed by atoms with E-state index < -0.39 is 5.09 Å². The van der Waals surface area contributed by atoms with E-state index in [2.05, 4.69) is 54.8 Å². The number of hydrogen-bond acceptors (Lipinski definition) is 3. The van der Waals surface area contributed by atoms with Crippen molar-refractivity contribution in [1.82, 2.24) is 4.57 Å². The van der Waals surface area contributed by atoms with Gasteiger partial charge in [0.15, 0.2) is 0 Å². The van der Waals surface area contributed by atoms with E-state index in [0.29, 0.717) is 5.41 Å². The molecule has 116 valence electrons. The van der Waals surface area contributed by atoms with E-state index in [-0.39, 0.29) is 0 Å². The summed E-state index contributed by atoms with van der Waals surface area (Å²) in [4.78, 5) is 8.25. The van der Waals surface area contributed by atoms with Gasteiger partial charge in [-0.3, -0.25) is 0 Å². The zero-order valence-electron chi connectivity index (χ0n) is 12.9. The Labute approximate surface area is 124 Å². The van der Waals surface area contributed by atoms with Gasteiger partial charge in [-0.2, -0.15) is 0 Å². The van der Waals surface area contributed by atoms with Gasteiger partial charge in [0.2, 0.25) is 6.33 Å². The minimum Gasteiger partial charge on any atom is -0.356 e. The molecule has 0 saturated heterocycles. The largest absolute Gasteiger partial charge is 0.356 e. The van der Waals surface area contributed by atoms with Crippen molar-refractivity contribution in [2.75, 3.05) is 0 Å². The number of nitrogens with zero attached hydrogens (tertiary/aromatic N) is 3. The van der Waals surface area contributed by atoms with Crippen LogP contribution in [0.1, 0.15) is 33.1 Å². The van der Waals surface area contributed by atoms with E-state index in [1.807, 2.05) is 0 Å². The van der Waals surface area contributed by atoms with Crippen LogP contribution in [0.2, 0.25) is 0 Å². The molecule has 0 unspecified atom stereocenters. The molecule has 2 atom stereocenters. The van der Waals surface area contributed by atoms with Crippen molar-refractivity contribution in [3.8, 4) is 0 Å². The van der Waals surface area contributed by atoms with Gasteiger partial charge in [0, 0.05) is 6.42 Å². The molecule has 2 bridgehead atoms. The molecule has 4 rings (SSSR count). The molecule has 0 spiro atoms. The maximum Gasteiger partial charge on any atom is 0.243 e. The highest BCUT2D eigenvalue weighted by molar-refractivity contribution is 5.23. The Bertz CT molecular complexity index is 544. The van der Waals surface area contributed by atoms with Crippen molar-refractivity contribution >= 4 is 0 Å². The maximum atomic E-state index is 8.25. The lowest BCUT2D eigenvalue weighted by Gasteiger charge is -2.56. The second-order valence-corrected chi connectivity index (χ2v) is 6.61. The Kier molecular flexibility index (Phi) is 4.34. The monoisotopic (exact) mass is 293 g/mol. The van der Waals surface area contributed by atoms with Gasteiger partial charge in [-0.15, -0.1) is 0 Å². The number of hydrogen-bond donors (Lipinski definition) is 0. The number of aryl methyl sites for hydroxylation is 2. The Morgan fingerprint density at radius 1 is 1.48 bits per heavy atom. The third kappa shape index (κ3) is 3.43. The van der Waals surface area contributed by atoms with E-state index >= 15 is 0 Å². The third-order valence-electron chi connectivity index (χ3n) is 5.07. The second kappa shape index (κ2) is 5.87. The molecule has 1 aromatic heterocycles. The fourth-order valence-corrected chi connectivity index (χ4v) is 3.65. The van der Waals surface area contributed by atoms with Gasteiger partial charge >= 0.3 is 0 Å². The SMILES string of the molecule is C[n+]1ccn(CCC2=CC[C@H]3C[C@@H]2C3(C)C)c1.O=[N+]([O-])[O-]. The van der Waals surface area contributed by atoms with E-state index in [9.17, 15) is 0 Å². The Hall–Kier alpha value is -1.85. The van der Waals surface area contributed by atoms with Crippen LogP contribution in [0.4, 0.5) is 0 Å². The third-order valence-corrected chi connectivity index (χ3v) is 5.07. The lowest BCUT2D eigenvalue weighted by Crippen LogP contribution is -2.48. The molecule has 3 aliphatic rings. The molecule has 6 nitrogen and oxygen atoms in total. The molecule has 0 amide bonds. The van der Waals surface area contributed by atoms with Crippen LogP contribution in [0.15, 0.2) is 30.4 Å². The minimum atomic E-state index is -1.75. The summed E-state index contributed by atoms with van der Waals surface area (Å²) in [7, 11) is 2.08. The zero-order valence-corrected chi connectivity index (χ0v) is 12.9. The maximum absolute atomic E-state index is 8.25. The van der Waals surface area contributed by atoms with Crippen LogP contribution in [0.25, 0.3) is 0 Å². The van der Waals surface area contributed by atoms with Gasteiger partial charge in [0.1, 0.15) is 12.4 Å². The van der Waals surface area contributed by atoms with E-state index in [4.69, 9.17) is 15.3 Å². The van der Waals surface area contributed by atoms with Crippen LogP contribution in [-0.4, -0.2) is 9.65 Å². The fourth-order valence-electron chi connectivity index (χ4n) is 3.65. The van der Waals surface area contributed by atoms with Gasteiger partial charge in [-0.05, 0) is 30.1 Å². The van der Waals surface area contributed by atoms with Crippen molar-refractivity contribution in [1.29, 1.82) is 0 Å². The topological polar surface area (TPSA) is 75.0 Å². The van der Waals surface area contributed by atoms with Gasteiger partial charge in [-0.1, -0.05) is 25.5 Å². The number of rotatable bonds is 3. The summed E-state index contributed by atoms with van der Waals surface area (Å²) < 4.78 is 4.40. The first-order chi connectivity index (χ1) is 9.80. The molecule has 0 N–H and O–H groups in total. The summed E-state index contributed by atoms with van der Waals surface area (Å²) in [5.41, 5.74) is 2.29. The molecule has 1 heterocycles. The van der Waals surface area contributed by atoms with Crippen LogP contribution < -0.4 is 4.57 Å². The van der Waals surface area contributed by atoms with E-state index in [1.54, 1.807) is 5.57 Å². The summed E-state index contributed by atoms with van der Waals surface area (Å²) in [6.07, 6.45) is 13.0. The van der Waals surface area contributed by atoms with E-state index in [0.717, 1.165) is 18.4 Å². The summed E-state index contributed by atoms with van der Waals surface area (Å²) in [6, 6.07) is 0. The minimum absolute atomic E-state index is 0.575. The van der Waals surface area contributed by atoms with Crippen LogP contribution >= 0.6 is 0 Å². The second-order valence-electron chi connectivity index (χ2n) is 6.61. The Balaban J connectivity index is 0.000000361. The Morgan fingerprint density at radius 3 is 2.62 bits per heavy atom. The van der Waals surface area contributed by atoms with Gasteiger partial charge in [-0.25, -0.2) is 9.13 Å². The summed E-state index contributed by atoms with van der Waals surface area (Å²) in [6.45, 7) is 6.03. The fraction of sp³-hybridized carbons (Fsp3) is 0.667. The highest BCUT2D eigenvalue weighted by atomic mass is 16.9. The molecule has 3 aliphatic carbocycles. The predicted octanol–water partition coefficient (Wildman–Crippen LogP) is 2.46. The van der Waals surface area contributed by atoms with Crippen molar-refractivity contribution in [2.24, 2.45) is 24.3 Å². The summed E-state index contributed by atoms with van der Waals surface area (Å²) >= 11 is 0. The van der Waals surface area contributed by atoms with Crippen LogP contribution in [-0.2, 0) is 13.6 Å². The molecule has 1 fully saturated rings. The van der Waals surface area contributed by atoms with Crippen molar-refractivity contribution in [3.63, 3.8) is 0 Å². The molecule has 1 saturated carbocycles. The van der Waals surface area contributed by atoms with Crippen molar-refractivity contribution in [3.05, 3.63) is 45.7 Å². The first-order valence-electron chi connectivity index (χ1n) is 7.32. The van der Waals surface area contributed by atoms with E-state index in [1.165, 1.54) is 19.3 Å². The van der Waals surface area contributed by atoms with Gasteiger partial charge in [0.25, 0.3) is 0 Å². The van der Waals surface area contributed by atoms with Crippen LogP contribution in [0.3, 0.4) is 0 Å². The molecule has 1 aromatic rings. The summed E-state index contributed by atoms with van der Waals surface area (Å²) in [5.74, 6) is 1.83. The van der Waals surface area contributed by atoms with Crippen LogP contribution in [0, 0.1) is 32.6 Å².